The topological polar surface area (TPSA) is 117 Å². The molecule has 38 heavy (non-hydrogen) atoms. The van der Waals surface area contributed by atoms with Crippen LogP contribution in [0.2, 0.25) is 0 Å². The maximum absolute atomic E-state index is 13.1. The number of ketones is 1. The Morgan fingerprint density at radius 2 is 1.84 bits per heavy atom. The van der Waals surface area contributed by atoms with Crippen LogP contribution in [0.25, 0.3) is 0 Å². The first-order valence-corrected chi connectivity index (χ1v) is 13.2. The van der Waals surface area contributed by atoms with Crippen molar-refractivity contribution in [2.24, 2.45) is 5.92 Å². The number of carboxylic acid groups (broad SMARTS) is 1. The number of carbonyl (C=O) groups excluding carboxylic acids is 2. The minimum Gasteiger partial charge on any atom is -0.496 e. The summed E-state index contributed by atoms with van der Waals surface area (Å²) in [5, 5.41) is 15.4. The highest BCUT2D eigenvalue weighted by molar-refractivity contribution is 6.00. The molecule has 3 N–H and O–H groups in total. The zero-order valence-corrected chi connectivity index (χ0v) is 22.1. The smallest absolute Gasteiger partial charge is 0.336 e. The summed E-state index contributed by atoms with van der Waals surface area (Å²) in [5.74, 6) is -0.393. The standard InChI is InChI=1S/C29H37N3O6/c1-20-8-4-5-9-24(20)31-28(36)30-23-11-10-21(26(17-23)37-2)16-25(33)22-12-15-32(18-22)19-38-29(27(34)35)13-6-3-7-14-29/h4-5,8-11,17,22H,3,6-7,12-16,18-19H2,1-2H3,(H,34,35)(H2,30,31,36)/t22-/m0/s1. The number of carboxylic acids is 1. The van der Waals surface area contributed by atoms with Crippen LogP contribution in [0.15, 0.2) is 42.5 Å². The number of nitrogens with one attached hydrogen (secondary N) is 2. The van der Waals surface area contributed by atoms with E-state index in [0.29, 0.717) is 43.8 Å². The Morgan fingerprint density at radius 1 is 1.08 bits per heavy atom. The number of anilines is 2. The molecule has 1 heterocycles. The molecule has 2 fully saturated rings. The number of carbonyl (C=O) groups is 3. The summed E-state index contributed by atoms with van der Waals surface area (Å²) in [4.78, 5) is 39.4. The van der Waals surface area contributed by atoms with E-state index in [2.05, 4.69) is 10.6 Å². The van der Waals surface area contributed by atoms with Crippen molar-refractivity contribution in [3.8, 4) is 5.75 Å². The largest absolute Gasteiger partial charge is 0.496 e. The van der Waals surface area contributed by atoms with Crippen LogP contribution in [0.5, 0.6) is 5.75 Å². The van der Waals surface area contributed by atoms with Crippen molar-refractivity contribution in [1.82, 2.24) is 4.90 Å². The average molecular weight is 524 g/mol. The molecule has 0 spiro atoms. The summed E-state index contributed by atoms with van der Waals surface area (Å²) < 4.78 is 11.5. The van der Waals surface area contributed by atoms with Crippen LogP contribution in [-0.4, -0.2) is 60.3 Å². The molecule has 2 aliphatic rings. The Morgan fingerprint density at radius 3 is 2.55 bits per heavy atom. The van der Waals surface area contributed by atoms with Crippen molar-refractivity contribution in [2.75, 3.05) is 37.6 Å². The highest BCUT2D eigenvalue weighted by atomic mass is 16.5. The number of para-hydroxylation sites is 1. The van der Waals surface area contributed by atoms with E-state index >= 15 is 0 Å². The second-order valence-corrected chi connectivity index (χ2v) is 10.3. The molecular weight excluding hydrogens is 486 g/mol. The Bertz CT molecular complexity index is 1160. The Hall–Kier alpha value is -3.43. The number of hydrogen-bond acceptors (Lipinski definition) is 6. The first kappa shape index (κ1) is 27.6. The van der Waals surface area contributed by atoms with Gasteiger partial charge in [-0.1, -0.05) is 30.7 Å². The summed E-state index contributed by atoms with van der Waals surface area (Å²) in [7, 11) is 1.54. The third-order valence-corrected chi connectivity index (χ3v) is 7.61. The number of ether oxygens (including phenoxy) is 2. The van der Waals surface area contributed by atoms with E-state index in [9.17, 15) is 19.5 Å². The highest BCUT2D eigenvalue weighted by Gasteiger charge is 2.41. The molecule has 204 valence electrons. The lowest BCUT2D eigenvalue weighted by Gasteiger charge is -2.34. The molecule has 1 aliphatic carbocycles. The molecule has 0 unspecified atom stereocenters. The van der Waals surface area contributed by atoms with Crippen molar-refractivity contribution >= 4 is 29.2 Å². The van der Waals surface area contributed by atoms with E-state index in [4.69, 9.17) is 9.47 Å². The summed E-state index contributed by atoms with van der Waals surface area (Å²) in [6.07, 6.45) is 4.77. The second-order valence-electron chi connectivity index (χ2n) is 10.3. The van der Waals surface area contributed by atoms with Gasteiger partial charge in [0.25, 0.3) is 0 Å². The highest BCUT2D eigenvalue weighted by Crippen LogP contribution is 2.33. The Kier molecular flexibility index (Phi) is 9.01. The van der Waals surface area contributed by atoms with E-state index in [1.54, 1.807) is 25.3 Å². The molecule has 1 saturated heterocycles. The van der Waals surface area contributed by atoms with Crippen LogP contribution in [0.4, 0.5) is 16.2 Å². The van der Waals surface area contributed by atoms with Crippen molar-refractivity contribution in [2.45, 2.75) is 57.5 Å². The zero-order chi connectivity index (χ0) is 27.1. The molecule has 0 radical (unpaired) electrons. The van der Waals surface area contributed by atoms with Crippen LogP contribution in [-0.2, 0) is 20.7 Å². The third-order valence-electron chi connectivity index (χ3n) is 7.61. The fraction of sp³-hybridized carbons (Fsp3) is 0.483. The minimum absolute atomic E-state index is 0.106. The minimum atomic E-state index is -1.10. The maximum atomic E-state index is 13.1. The summed E-state index contributed by atoms with van der Waals surface area (Å²) in [5.41, 5.74) is 1.90. The Labute approximate surface area is 223 Å². The molecule has 2 amide bonds. The molecule has 1 saturated carbocycles. The van der Waals surface area contributed by atoms with Crippen LogP contribution in [0.1, 0.15) is 49.7 Å². The molecule has 0 bridgehead atoms. The zero-order valence-electron chi connectivity index (χ0n) is 22.1. The van der Waals surface area contributed by atoms with Gasteiger partial charge in [-0.05, 0) is 56.7 Å². The van der Waals surface area contributed by atoms with Gasteiger partial charge < -0.3 is 25.2 Å². The normalized spacial score (nSPS) is 19.1. The molecule has 2 aromatic carbocycles. The maximum Gasteiger partial charge on any atom is 0.336 e. The predicted octanol–water partition coefficient (Wildman–Crippen LogP) is 4.84. The number of hydrogen-bond donors (Lipinski definition) is 3. The van der Waals surface area contributed by atoms with Gasteiger partial charge in [0, 0.05) is 48.4 Å². The second kappa shape index (κ2) is 12.4. The number of Topliss-reactive ketones (excluding diaryl/α,β-unsaturated/α-hetero) is 1. The lowest BCUT2D eigenvalue weighted by Crippen LogP contribution is -2.45. The van der Waals surface area contributed by atoms with E-state index in [1.165, 1.54) is 0 Å². The number of rotatable bonds is 10. The van der Waals surface area contributed by atoms with Gasteiger partial charge in [-0.2, -0.15) is 0 Å². The van der Waals surface area contributed by atoms with Crippen molar-refractivity contribution in [3.05, 3.63) is 53.6 Å². The van der Waals surface area contributed by atoms with Crippen molar-refractivity contribution in [3.63, 3.8) is 0 Å². The van der Waals surface area contributed by atoms with Gasteiger partial charge in [-0.15, -0.1) is 0 Å². The fourth-order valence-corrected chi connectivity index (χ4v) is 5.27. The predicted molar refractivity (Wildman–Crippen MR) is 145 cm³/mol. The van der Waals surface area contributed by atoms with Gasteiger partial charge in [-0.25, -0.2) is 9.59 Å². The fourth-order valence-electron chi connectivity index (χ4n) is 5.27. The molecule has 1 atom stereocenters. The van der Waals surface area contributed by atoms with Crippen LogP contribution < -0.4 is 15.4 Å². The van der Waals surface area contributed by atoms with Gasteiger partial charge in [0.2, 0.25) is 0 Å². The summed E-state index contributed by atoms with van der Waals surface area (Å²) in [6.45, 7) is 3.40. The molecule has 4 rings (SSSR count). The van der Waals surface area contributed by atoms with E-state index in [1.807, 2.05) is 36.1 Å². The Balaban J connectivity index is 1.30. The van der Waals surface area contributed by atoms with E-state index in [-0.39, 0.29) is 30.9 Å². The molecule has 1 aliphatic heterocycles. The molecule has 9 heteroatoms. The average Bonchev–Trinajstić information content (AvgIpc) is 3.39. The number of aryl methyl sites for hydroxylation is 1. The van der Waals surface area contributed by atoms with Crippen LogP contribution >= 0.6 is 0 Å². The van der Waals surface area contributed by atoms with Crippen molar-refractivity contribution < 1.29 is 29.0 Å². The number of likely N-dealkylation sites (tertiary alicyclic amines) is 1. The number of methoxy groups -OCH3 is 1. The lowest BCUT2D eigenvalue weighted by atomic mass is 9.85. The molecular formula is C29H37N3O6. The number of urea groups is 1. The van der Waals surface area contributed by atoms with Crippen LogP contribution in [0, 0.1) is 12.8 Å². The molecule has 0 aromatic heterocycles. The summed E-state index contributed by atoms with van der Waals surface area (Å²) >= 11 is 0. The van der Waals surface area contributed by atoms with Gasteiger partial charge >= 0.3 is 12.0 Å². The van der Waals surface area contributed by atoms with Crippen LogP contribution in [0.3, 0.4) is 0 Å². The van der Waals surface area contributed by atoms with Crippen molar-refractivity contribution in [1.29, 1.82) is 0 Å². The van der Waals surface area contributed by atoms with Gasteiger partial charge in [0.05, 0.1) is 7.11 Å². The number of aliphatic carboxylic acids is 1. The third kappa shape index (κ3) is 6.71. The number of amides is 2. The van der Waals surface area contributed by atoms with Gasteiger partial charge in [-0.3, -0.25) is 9.69 Å². The summed E-state index contributed by atoms with van der Waals surface area (Å²) in [6, 6.07) is 12.4. The lowest BCUT2D eigenvalue weighted by molar-refractivity contribution is -0.178. The first-order chi connectivity index (χ1) is 18.3. The number of benzene rings is 2. The van der Waals surface area contributed by atoms with Gasteiger partial charge in [0.1, 0.15) is 18.3 Å². The number of nitrogens with zero attached hydrogens (tertiary/aromatic N) is 1. The van der Waals surface area contributed by atoms with Gasteiger partial charge in [0.15, 0.2) is 5.60 Å². The monoisotopic (exact) mass is 523 g/mol. The molecule has 2 aromatic rings. The first-order valence-electron chi connectivity index (χ1n) is 13.2. The SMILES string of the molecule is COc1cc(NC(=O)Nc2ccccc2C)ccc1CC(=O)[C@H]1CCN(COC2(C(=O)O)CCCCC2)C1. The quantitative estimate of drug-likeness (QED) is 0.408. The van der Waals surface area contributed by atoms with E-state index in [0.717, 1.165) is 36.1 Å². The van der Waals surface area contributed by atoms with E-state index < -0.39 is 11.6 Å². The molecule has 9 nitrogen and oxygen atoms in total.